The van der Waals surface area contributed by atoms with Crippen molar-refractivity contribution < 1.29 is 28.7 Å². The second-order valence-corrected chi connectivity index (χ2v) is 16.0. The maximum atomic E-state index is 15.0. The Hall–Kier alpha value is -2.65. The predicted octanol–water partition coefficient (Wildman–Crippen LogP) is 3.94. The molecule has 4 saturated carbocycles. The van der Waals surface area contributed by atoms with Gasteiger partial charge in [0, 0.05) is 12.6 Å². The zero-order chi connectivity index (χ0) is 31.6. The summed E-state index contributed by atoms with van der Waals surface area (Å²) < 4.78 is 6.40. The number of hydrogen-bond acceptors (Lipinski definition) is 6. The van der Waals surface area contributed by atoms with Gasteiger partial charge in [0.05, 0.1) is 6.04 Å². The van der Waals surface area contributed by atoms with Crippen LogP contribution in [0.25, 0.3) is 0 Å². The van der Waals surface area contributed by atoms with Gasteiger partial charge in [-0.3, -0.25) is 24.1 Å². The Labute approximate surface area is 261 Å². The molecule has 2 unspecified atom stereocenters. The van der Waals surface area contributed by atoms with E-state index in [1.807, 2.05) is 18.7 Å². The summed E-state index contributed by atoms with van der Waals surface area (Å²) in [7, 11) is 0. The molecule has 3 aliphatic heterocycles. The Morgan fingerprint density at radius 3 is 2.09 bits per heavy atom. The van der Waals surface area contributed by atoms with Crippen LogP contribution in [0, 0.1) is 35.0 Å². The van der Waals surface area contributed by atoms with Crippen LogP contribution in [-0.4, -0.2) is 75.7 Å². The highest BCUT2D eigenvalue weighted by Gasteiger charge is 2.70. The number of carbonyl (C=O) groups is 5. The number of carbonyl (C=O) groups excluding carboxylic acids is 5. The van der Waals surface area contributed by atoms with Crippen molar-refractivity contribution in [3.63, 3.8) is 0 Å². The number of nitrogens with zero attached hydrogens (tertiary/aromatic N) is 2. The van der Waals surface area contributed by atoms with Gasteiger partial charge in [-0.15, -0.1) is 0 Å². The number of nitrogens with one attached hydrogen (secondary N) is 1. The second-order valence-electron chi connectivity index (χ2n) is 16.0. The molecule has 4 aliphatic carbocycles. The summed E-state index contributed by atoms with van der Waals surface area (Å²) in [6.07, 6.45) is 11.0. The van der Waals surface area contributed by atoms with Gasteiger partial charge in [-0.1, -0.05) is 52.4 Å². The molecule has 4 amide bonds. The molecule has 7 aliphatic rings. The molecule has 0 aromatic rings. The largest absolute Gasteiger partial charge is 0.443 e. The lowest BCUT2D eigenvalue weighted by Gasteiger charge is -2.48. The van der Waals surface area contributed by atoms with Crippen LogP contribution in [0.5, 0.6) is 0 Å². The molecule has 0 radical (unpaired) electrons. The van der Waals surface area contributed by atoms with Crippen LogP contribution >= 0.6 is 0 Å². The summed E-state index contributed by atoms with van der Waals surface area (Å²) in [5, 5.41) is 2.91. The van der Waals surface area contributed by atoms with Gasteiger partial charge in [-0.2, -0.15) is 0 Å². The first-order valence-corrected chi connectivity index (χ1v) is 17.3. The fourth-order valence-corrected chi connectivity index (χ4v) is 9.68. The van der Waals surface area contributed by atoms with E-state index in [0.29, 0.717) is 25.8 Å². The molecule has 5 atom stereocenters. The first kappa shape index (κ1) is 31.3. The number of ether oxygens (including phenoxy) is 1. The number of nitrogens with two attached hydrogens (primary N) is 1. The number of fused-ring (bicyclic) bond motifs is 9. The Morgan fingerprint density at radius 1 is 0.864 bits per heavy atom. The molecule has 0 aromatic carbocycles. The molecule has 7 rings (SSSR count). The lowest BCUT2D eigenvalue weighted by molar-refractivity contribution is -0.148. The zero-order valence-electron chi connectivity index (χ0n) is 27.0. The van der Waals surface area contributed by atoms with E-state index in [1.165, 1.54) is 0 Å². The van der Waals surface area contributed by atoms with Crippen molar-refractivity contribution in [2.45, 2.75) is 141 Å². The number of ketones is 1. The van der Waals surface area contributed by atoms with Crippen LogP contribution in [0.3, 0.4) is 0 Å². The monoisotopic (exact) mass is 612 g/mol. The molecule has 0 aromatic heterocycles. The van der Waals surface area contributed by atoms with Crippen LogP contribution in [0.15, 0.2) is 0 Å². The summed E-state index contributed by atoms with van der Waals surface area (Å²) in [5.74, 6) is -2.20. The normalized spacial score (nSPS) is 37.8. The number of rotatable bonds is 4. The molecule has 10 nitrogen and oxygen atoms in total. The van der Waals surface area contributed by atoms with Crippen molar-refractivity contribution in [2.24, 2.45) is 40.7 Å². The van der Waals surface area contributed by atoms with Gasteiger partial charge in [0.15, 0.2) is 0 Å². The summed E-state index contributed by atoms with van der Waals surface area (Å²) in [6.45, 7) is 8.58. The van der Waals surface area contributed by atoms with E-state index in [2.05, 4.69) is 19.2 Å². The average molecular weight is 613 g/mol. The van der Waals surface area contributed by atoms with E-state index in [0.717, 1.165) is 64.2 Å². The average Bonchev–Trinajstić information content (AvgIpc) is 3.27. The van der Waals surface area contributed by atoms with Gasteiger partial charge < -0.3 is 20.7 Å². The van der Waals surface area contributed by atoms with Crippen molar-refractivity contribution in [1.82, 2.24) is 15.1 Å². The first-order valence-electron chi connectivity index (χ1n) is 17.3. The van der Waals surface area contributed by atoms with Gasteiger partial charge in [-0.25, -0.2) is 4.79 Å². The quantitative estimate of drug-likeness (QED) is 0.461. The third kappa shape index (κ3) is 5.52. The van der Waals surface area contributed by atoms with Crippen molar-refractivity contribution in [3.05, 3.63) is 0 Å². The molecule has 3 saturated heterocycles. The van der Waals surface area contributed by atoms with E-state index in [-0.39, 0.29) is 47.0 Å². The smallest absolute Gasteiger partial charge is 0.411 e. The highest BCUT2D eigenvalue weighted by molar-refractivity contribution is 6.37. The minimum Gasteiger partial charge on any atom is -0.443 e. The molecule has 0 spiro atoms. The molecule has 10 heteroatoms. The van der Waals surface area contributed by atoms with Crippen molar-refractivity contribution >= 4 is 29.6 Å². The number of primary amides is 1. The summed E-state index contributed by atoms with van der Waals surface area (Å²) in [4.78, 5) is 72.2. The van der Waals surface area contributed by atoms with Crippen LogP contribution in [-0.2, 0) is 23.9 Å². The van der Waals surface area contributed by atoms with Crippen LogP contribution in [0.2, 0.25) is 0 Å². The van der Waals surface area contributed by atoms with Crippen molar-refractivity contribution in [1.29, 1.82) is 0 Å². The Balaban J connectivity index is 1.42. The minimum atomic E-state index is -1.07. The van der Waals surface area contributed by atoms with E-state index >= 15 is 0 Å². The van der Waals surface area contributed by atoms with E-state index in [4.69, 9.17) is 10.5 Å². The molecule has 44 heavy (non-hydrogen) atoms. The first-order chi connectivity index (χ1) is 20.8. The Morgan fingerprint density at radius 2 is 1.48 bits per heavy atom. The standard InChI is InChI=1S/C34H52N4O6/c1-33(2)23-18-37-27(25(23)33)30(41)36-24(28(39)29(35)40)17-19-15-21(16-19)34(3,4)44-32(43)38(22-13-9-6-10-14-22)26(31(37)42)20-11-7-5-8-12-20/h19-27H,5-18H2,1-4H3,(H2,35,40)(H,36,41)/t19?,21?,23-,24?,25-,26+,27?/m1/s1. The lowest BCUT2D eigenvalue weighted by Crippen LogP contribution is -2.62. The maximum Gasteiger partial charge on any atom is 0.411 e. The molecule has 7 fully saturated rings. The van der Waals surface area contributed by atoms with Gasteiger partial charge >= 0.3 is 6.09 Å². The van der Waals surface area contributed by atoms with Crippen LogP contribution in [0.1, 0.15) is 111 Å². The number of piperidine rings is 1. The summed E-state index contributed by atoms with van der Waals surface area (Å²) in [6, 6.07) is -2.57. The van der Waals surface area contributed by atoms with Crippen LogP contribution in [0.4, 0.5) is 4.79 Å². The zero-order valence-corrected chi connectivity index (χ0v) is 27.0. The van der Waals surface area contributed by atoms with Crippen LogP contribution < -0.4 is 11.1 Å². The number of amides is 4. The fraction of sp³-hybridized carbons (Fsp3) is 0.853. The van der Waals surface area contributed by atoms with Gasteiger partial charge in [0.2, 0.25) is 17.6 Å². The highest BCUT2D eigenvalue weighted by atomic mass is 16.6. The maximum absolute atomic E-state index is 15.0. The molecule has 244 valence electrons. The predicted molar refractivity (Wildman–Crippen MR) is 163 cm³/mol. The van der Waals surface area contributed by atoms with Crippen molar-refractivity contribution in [3.8, 4) is 0 Å². The molecule has 3 heterocycles. The topological polar surface area (TPSA) is 139 Å². The number of hydrogen-bond donors (Lipinski definition) is 2. The second kappa shape index (κ2) is 11.6. The van der Waals surface area contributed by atoms with Gasteiger partial charge in [0.25, 0.3) is 5.91 Å². The van der Waals surface area contributed by atoms with Gasteiger partial charge in [-0.05, 0) is 93.8 Å². The number of Topliss-reactive ketones (excluding diaryl/α,β-unsaturated/α-hetero) is 1. The summed E-state index contributed by atoms with van der Waals surface area (Å²) >= 11 is 0. The molecular formula is C34H52N4O6. The minimum absolute atomic E-state index is 0.00422. The summed E-state index contributed by atoms with van der Waals surface area (Å²) in [5.41, 5.74) is 4.54. The molecular weight excluding hydrogens is 560 g/mol. The SMILES string of the molecule is CC1(C)OC(=O)N(C2CCCCC2)[C@@H](C2CCCCC2)C(=O)N2C[C@@H]3[C@H](C2C(=O)NC(C(=O)C(N)=O)CC2CC1C2)C3(C)C. The third-order valence-electron chi connectivity index (χ3n) is 12.6. The van der Waals surface area contributed by atoms with E-state index in [9.17, 15) is 24.0 Å². The van der Waals surface area contributed by atoms with Crippen molar-refractivity contribution in [2.75, 3.05) is 6.54 Å². The van der Waals surface area contributed by atoms with E-state index in [1.54, 1.807) is 4.90 Å². The molecule has 2 bridgehead atoms. The Kier molecular flexibility index (Phi) is 8.27. The lowest BCUT2D eigenvalue weighted by atomic mass is 9.65. The third-order valence-corrected chi connectivity index (χ3v) is 12.6. The van der Waals surface area contributed by atoms with Gasteiger partial charge in [0.1, 0.15) is 17.7 Å². The highest BCUT2D eigenvalue weighted by Crippen LogP contribution is 2.65. The molecule has 3 N–H and O–H groups in total. The fourth-order valence-electron chi connectivity index (χ4n) is 9.68. The Bertz CT molecular complexity index is 1180. The van der Waals surface area contributed by atoms with E-state index < -0.39 is 47.4 Å².